The third kappa shape index (κ3) is 9.51. The Labute approximate surface area is 187 Å². The van der Waals surface area contributed by atoms with Gasteiger partial charge in [0, 0.05) is 35.5 Å². The van der Waals surface area contributed by atoms with Crippen LogP contribution in [0.1, 0.15) is 22.5 Å². The number of carbonyl (C=O) groups is 3. The number of hydrogen-bond acceptors (Lipinski definition) is 6. The third-order valence-electron chi connectivity index (χ3n) is 3.52. The van der Waals surface area contributed by atoms with Crippen molar-refractivity contribution in [1.82, 2.24) is 14.9 Å². The number of hydrogen-bond donors (Lipinski definition) is 4. The van der Waals surface area contributed by atoms with Gasteiger partial charge in [0.15, 0.2) is 0 Å². The molecule has 0 fully saturated rings. The molecule has 2 rings (SSSR count). The summed E-state index contributed by atoms with van der Waals surface area (Å²) < 4.78 is 33.2. The van der Waals surface area contributed by atoms with E-state index in [2.05, 4.69) is 10.3 Å². The lowest BCUT2D eigenvalue weighted by atomic mass is 10.2. The largest absolute Gasteiger partial charge is 0.490 e. The fraction of sp³-hybridized carbons (Fsp3) is 0.333. The minimum atomic E-state index is -5.08. The van der Waals surface area contributed by atoms with Crippen molar-refractivity contribution >= 4 is 39.4 Å². The predicted molar refractivity (Wildman–Crippen MR) is 114 cm³/mol. The molecule has 0 bridgehead atoms. The number of carbonyl (C=O) groups excluding carboxylic acids is 1. The van der Waals surface area contributed by atoms with E-state index in [4.69, 9.17) is 15.0 Å². The smallest absolute Gasteiger partial charge is 0.481 e. The molecule has 2 aromatic rings. The first-order valence-corrected chi connectivity index (χ1v) is 11.3. The molecule has 1 aromatic heterocycles. The summed E-state index contributed by atoms with van der Waals surface area (Å²) in [7, 11) is 3.00. The zero-order chi connectivity index (χ0) is 24.3. The number of carboxylic acids is 2. The number of halogens is 3. The molecule has 14 heteroatoms. The van der Waals surface area contributed by atoms with Crippen molar-refractivity contribution < 1.29 is 37.8 Å². The number of aromatic nitrogens is 2. The zero-order valence-electron chi connectivity index (χ0n) is 16.6. The van der Waals surface area contributed by atoms with E-state index in [9.17, 15) is 27.6 Å². The van der Waals surface area contributed by atoms with Crippen molar-refractivity contribution in [3.05, 3.63) is 52.2 Å². The molecule has 0 spiro atoms. The Balaban J connectivity index is 0.000000633. The van der Waals surface area contributed by atoms with Crippen molar-refractivity contribution in [2.24, 2.45) is 0 Å². The summed E-state index contributed by atoms with van der Waals surface area (Å²) in [5.74, 6) is -2.54. The van der Waals surface area contributed by atoms with Gasteiger partial charge in [-0.2, -0.15) is 13.2 Å². The molecule has 1 aromatic carbocycles. The van der Waals surface area contributed by atoms with Crippen LogP contribution in [-0.2, 0) is 9.59 Å². The maximum absolute atomic E-state index is 12.2. The van der Waals surface area contributed by atoms with Gasteiger partial charge in [0.1, 0.15) is 0 Å². The molecule has 1 heterocycles. The summed E-state index contributed by atoms with van der Waals surface area (Å²) in [4.78, 5) is 45.9. The minimum absolute atomic E-state index is 0.134. The van der Waals surface area contributed by atoms with Crippen LogP contribution < -0.4 is 11.0 Å². The molecule has 1 amide bonds. The van der Waals surface area contributed by atoms with Crippen molar-refractivity contribution in [2.45, 2.75) is 19.5 Å². The van der Waals surface area contributed by atoms with Gasteiger partial charge in [0.25, 0.3) is 5.91 Å². The van der Waals surface area contributed by atoms with Crippen LogP contribution in [0.5, 0.6) is 0 Å². The average molecular weight is 496 g/mol. The van der Waals surface area contributed by atoms with Gasteiger partial charge in [-0.25, -0.2) is 9.59 Å². The van der Waals surface area contributed by atoms with E-state index in [1.54, 1.807) is 30.5 Å². The second-order valence-electron chi connectivity index (χ2n) is 5.97. The second kappa shape index (κ2) is 12.9. The number of carboxylic acid groups (broad SMARTS) is 2. The lowest BCUT2D eigenvalue weighted by Crippen LogP contribution is -2.26. The average Bonchev–Trinajstić information content (AvgIpc) is 3.04. The molecule has 0 aliphatic rings. The van der Waals surface area contributed by atoms with Crippen molar-refractivity contribution in [3.63, 3.8) is 0 Å². The Bertz CT molecular complexity index is 991. The highest BCUT2D eigenvalue weighted by molar-refractivity contribution is 8.76. The lowest BCUT2D eigenvalue weighted by Gasteiger charge is -2.08. The molecular formula is C18H20F3N3O6S2. The summed E-state index contributed by atoms with van der Waals surface area (Å²) in [5, 5.41) is 18.5. The highest BCUT2D eigenvalue weighted by atomic mass is 33.1. The molecular weight excluding hydrogens is 475 g/mol. The van der Waals surface area contributed by atoms with Crippen molar-refractivity contribution in [3.8, 4) is 5.69 Å². The summed E-state index contributed by atoms with van der Waals surface area (Å²) in [5.41, 5.74) is 1.63. The summed E-state index contributed by atoms with van der Waals surface area (Å²) in [6.07, 6.45) is -3.33. The van der Waals surface area contributed by atoms with E-state index in [1.165, 1.54) is 26.2 Å². The highest BCUT2D eigenvalue weighted by Crippen LogP contribution is 2.21. The van der Waals surface area contributed by atoms with Gasteiger partial charge < -0.3 is 20.5 Å². The summed E-state index contributed by atoms with van der Waals surface area (Å²) in [6.45, 7) is 2.29. The molecule has 0 radical (unpaired) electrons. The van der Waals surface area contributed by atoms with Crippen LogP contribution in [0.4, 0.5) is 13.2 Å². The normalized spacial score (nSPS) is 10.8. The molecule has 4 N–H and O–H groups in total. The number of alkyl halides is 3. The number of aliphatic carboxylic acids is 2. The zero-order valence-corrected chi connectivity index (χ0v) is 18.3. The van der Waals surface area contributed by atoms with Gasteiger partial charge >= 0.3 is 23.8 Å². The van der Waals surface area contributed by atoms with Gasteiger partial charge in [-0.15, -0.1) is 0 Å². The molecule has 32 heavy (non-hydrogen) atoms. The van der Waals surface area contributed by atoms with Gasteiger partial charge in [-0.1, -0.05) is 27.7 Å². The highest BCUT2D eigenvalue weighted by Gasteiger charge is 2.38. The van der Waals surface area contributed by atoms with Crippen LogP contribution in [0.2, 0.25) is 0 Å². The topological polar surface area (TPSA) is 141 Å². The lowest BCUT2D eigenvalue weighted by molar-refractivity contribution is -0.192. The van der Waals surface area contributed by atoms with Gasteiger partial charge in [-0.05, 0) is 25.1 Å². The maximum Gasteiger partial charge on any atom is 0.490 e. The van der Waals surface area contributed by atoms with E-state index in [-0.39, 0.29) is 18.0 Å². The molecule has 176 valence electrons. The molecule has 0 saturated carbocycles. The summed E-state index contributed by atoms with van der Waals surface area (Å²) >= 11 is 0. The number of imidazole rings is 1. The van der Waals surface area contributed by atoms with E-state index in [1.807, 2.05) is 6.92 Å². The Morgan fingerprint density at radius 3 is 2.31 bits per heavy atom. The SMILES string of the molecule is Cc1c[nH]c(=O)n1-c1cccc(C(=O)NCCSSCCC(=O)O)c1.O=C(O)C(F)(F)F. The third-order valence-corrected chi connectivity index (χ3v) is 5.93. The fourth-order valence-corrected chi connectivity index (χ4v) is 4.00. The van der Waals surface area contributed by atoms with Crippen LogP contribution in [0.25, 0.3) is 5.69 Å². The number of amides is 1. The first-order valence-electron chi connectivity index (χ1n) is 8.85. The van der Waals surface area contributed by atoms with Gasteiger partial charge in [-0.3, -0.25) is 14.2 Å². The standard InChI is InChI=1S/C16H19N3O4S2.C2HF3O2/c1-11-10-18-16(23)19(11)13-4-2-3-12(9-13)15(22)17-6-8-25-24-7-5-14(20)21;3-2(4,5)1(6)7/h2-4,9-10H,5-8H2,1H3,(H,17,22)(H,18,23)(H,20,21);(H,6,7). The molecule has 0 saturated heterocycles. The van der Waals surface area contributed by atoms with E-state index in [0.717, 1.165) is 5.69 Å². The quantitative estimate of drug-likeness (QED) is 0.307. The Hall–Kier alpha value is -2.87. The van der Waals surface area contributed by atoms with Crippen LogP contribution >= 0.6 is 21.6 Å². The Morgan fingerprint density at radius 1 is 1.16 bits per heavy atom. The summed E-state index contributed by atoms with van der Waals surface area (Å²) in [6, 6.07) is 6.88. The number of aryl methyl sites for hydroxylation is 1. The van der Waals surface area contributed by atoms with Crippen LogP contribution in [0.3, 0.4) is 0 Å². The monoisotopic (exact) mass is 495 g/mol. The van der Waals surface area contributed by atoms with Gasteiger partial charge in [0.05, 0.1) is 12.1 Å². The Morgan fingerprint density at radius 2 is 1.78 bits per heavy atom. The number of nitrogens with zero attached hydrogens (tertiary/aromatic N) is 1. The molecule has 0 aliphatic heterocycles. The molecule has 0 aliphatic carbocycles. The van der Waals surface area contributed by atoms with Gasteiger partial charge in [0.2, 0.25) is 0 Å². The van der Waals surface area contributed by atoms with Crippen LogP contribution in [0, 0.1) is 6.92 Å². The molecule has 9 nitrogen and oxygen atoms in total. The number of aromatic amines is 1. The molecule has 0 unspecified atom stereocenters. The minimum Gasteiger partial charge on any atom is -0.481 e. The number of nitrogens with one attached hydrogen (secondary N) is 2. The first-order chi connectivity index (χ1) is 14.9. The Kier molecular flexibility index (Phi) is 10.9. The van der Waals surface area contributed by atoms with Crippen molar-refractivity contribution in [1.29, 1.82) is 0 Å². The second-order valence-corrected chi connectivity index (χ2v) is 8.67. The number of rotatable bonds is 9. The first kappa shape index (κ1) is 27.2. The van der Waals surface area contributed by atoms with Crippen molar-refractivity contribution in [2.75, 3.05) is 18.1 Å². The number of benzene rings is 1. The van der Waals surface area contributed by atoms with E-state index < -0.39 is 18.1 Å². The maximum atomic E-state index is 12.2. The van der Waals surface area contributed by atoms with E-state index in [0.29, 0.717) is 29.3 Å². The number of H-pyrrole nitrogens is 1. The molecule has 0 atom stereocenters. The van der Waals surface area contributed by atoms with Crippen LogP contribution in [-0.4, -0.2) is 61.8 Å². The predicted octanol–water partition coefficient (Wildman–Crippen LogP) is 2.69. The fourth-order valence-electron chi connectivity index (χ4n) is 2.12. The van der Waals surface area contributed by atoms with Crippen LogP contribution in [0.15, 0.2) is 35.3 Å². The van der Waals surface area contributed by atoms with E-state index >= 15 is 0 Å².